The van der Waals surface area contributed by atoms with E-state index >= 15 is 0 Å². The summed E-state index contributed by atoms with van der Waals surface area (Å²) >= 11 is 0. The number of rotatable bonds is 2. The van der Waals surface area contributed by atoms with Crippen molar-refractivity contribution in [3.63, 3.8) is 0 Å². The number of benzene rings is 2. The zero-order chi connectivity index (χ0) is 15.9. The Balaban J connectivity index is 2.33. The molecule has 0 atom stereocenters. The molecule has 4 nitrogen and oxygen atoms in total. The first-order chi connectivity index (χ1) is 10.4. The van der Waals surface area contributed by atoms with Crippen LogP contribution in [0.25, 0.3) is 10.9 Å². The lowest BCUT2D eigenvalue weighted by atomic mass is 10.2. The summed E-state index contributed by atoms with van der Waals surface area (Å²) in [5.74, 6) is -0.584. The minimum Gasteiger partial charge on any atom is -0.506 e. The minimum atomic E-state index is -3.85. The van der Waals surface area contributed by atoms with Gasteiger partial charge in [-0.2, -0.15) is 0 Å². The van der Waals surface area contributed by atoms with Gasteiger partial charge >= 0.3 is 0 Å². The lowest BCUT2D eigenvalue weighted by Gasteiger charge is -2.11. The number of halogens is 1. The van der Waals surface area contributed by atoms with Crippen LogP contribution in [0.15, 0.2) is 58.5 Å². The molecule has 0 bridgehead atoms. The average Bonchev–Trinajstić information content (AvgIpc) is 2.47. The van der Waals surface area contributed by atoms with Gasteiger partial charge < -0.3 is 5.11 Å². The monoisotopic (exact) mass is 317 g/mol. The lowest BCUT2D eigenvalue weighted by Crippen LogP contribution is -2.05. The van der Waals surface area contributed by atoms with Gasteiger partial charge in [0.1, 0.15) is 17.1 Å². The van der Waals surface area contributed by atoms with Crippen LogP contribution in [0.5, 0.6) is 5.75 Å². The standard InChI is InChI=1S/C16H12FNO3S/c1-10-9-11(17)4-6-14(10)22(20,21)15-7-5-13(19)16-12(15)3-2-8-18-16/h2-9,19H,1H3. The van der Waals surface area contributed by atoms with E-state index in [4.69, 9.17) is 0 Å². The molecule has 0 fully saturated rings. The molecule has 0 aliphatic carbocycles. The Bertz CT molecular complexity index is 984. The van der Waals surface area contributed by atoms with E-state index in [1.54, 1.807) is 12.1 Å². The van der Waals surface area contributed by atoms with Crippen LogP contribution < -0.4 is 0 Å². The number of aromatic hydroxyl groups is 1. The highest BCUT2D eigenvalue weighted by atomic mass is 32.2. The van der Waals surface area contributed by atoms with Gasteiger partial charge in [-0.3, -0.25) is 4.98 Å². The average molecular weight is 317 g/mol. The van der Waals surface area contributed by atoms with E-state index < -0.39 is 15.7 Å². The normalized spacial score (nSPS) is 11.7. The lowest BCUT2D eigenvalue weighted by molar-refractivity contribution is 0.480. The predicted molar refractivity (Wildman–Crippen MR) is 80.0 cm³/mol. The Labute approximate surface area is 126 Å². The molecule has 0 saturated carbocycles. The quantitative estimate of drug-likeness (QED) is 0.737. The van der Waals surface area contributed by atoms with E-state index in [1.807, 2.05) is 0 Å². The van der Waals surface area contributed by atoms with Crippen LogP contribution >= 0.6 is 0 Å². The fraction of sp³-hybridized carbons (Fsp3) is 0.0625. The molecule has 22 heavy (non-hydrogen) atoms. The maximum atomic E-state index is 13.2. The Hall–Kier alpha value is -2.47. The molecule has 0 radical (unpaired) electrons. The van der Waals surface area contributed by atoms with Crippen molar-refractivity contribution >= 4 is 20.7 Å². The third-order valence-electron chi connectivity index (χ3n) is 3.42. The van der Waals surface area contributed by atoms with Crippen molar-refractivity contribution in [3.05, 3.63) is 60.0 Å². The second kappa shape index (κ2) is 5.06. The minimum absolute atomic E-state index is 0.0307. The van der Waals surface area contributed by atoms with Crippen molar-refractivity contribution in [3.8, 4) is 5.75 Å². The number of fused-ring (bicyclic) bond motifs is 1. The molecule has 1 aromatic heterocycles. The third-order valence-corrected chi connectivity index (χ3v) is 5.40. The highest BCUT2D eigenvalue weighted by Gasteiger charge is 2.23. The van der Waals surface area contributed by atoms with E-state index in [0.29, 0.717) is 10.9 Å². The molecule has 6 heteroatoms. The number of sulfone groups is 1. The van der Waals surface area contributed by atoms with Gasteiger partial charge in [0, 0.05) is 11.6 Å². The first kappa shape index (κ1) is 14.5. The summed E-state index contributed by atoms with van der Waals surface area (Å²) in [5.41, 5.74) is 0.536. The fourth-order valence-electron chi connectivity index (χ4n) is 2.40. The molecular weight excluding hydrogens is 305 g/mol. The van der Waals surface area contributed by atoms with E-state index in [1.165, 1.54) is 37.4 Å². The number of aromatic nitrogens is 1. The summed E-state index contributed by atoms with van der Waals surface area (Å²) in [4.78, 5) is 4.07. The SMILES string of the molecule is Cc1cc(F)ccc1S(=O)(=O)c1ccc(O)c2ncccc12. The van der Waals surface area contributed by atoms with Crippen LogP contribution in [0.1, 0.15) is 5.56 Å². The molecular formula is C16H12FNO3S. The molecule has 0 spiro atoms. The Kier molecular flexibility index (Phi) is 3.33. The van der Waals surface area contributed by atoms with Crippen molar-refractivity contribution in [2.24, 2.45) is 0 Å². The number of hydrogen-bond donors (Lipinski definition) is 1. The maximum absolute atomic E-state index is 13.2. The van der Waals surface area contributed by atoms with Crippen LogP contribution in [0, 0.1) is 12.7 Å². The van der Waals surface area contributed by atoms with E-state index in [-0.39, 0.29) is 21.1 Å². The summed E-state index contributed by atoms with van der Waals surface area (Å²) in [6, 6.07) is 9.33. The van der Waals surface area contributed by atoms with Crippen molar-refractivity contribution in [2.75, 3.05) is 0 Å². The van der Waals surface area contributed by atoms with Crippen LogP contribution in [0.3, 0.4) is 0 Å². The van der Waals surface area contributed by atoms with Gasteiger partial charge in [-0.25, -0.2) is 12.8 Å². The zero-order valence-electron chi connectivity index (χ0n) is 11.6. The van der Waals surface area contributed by atoms with Crippen molar-refractivity contribution in [1.29, 1.82) is 0 Å². The summed E-state index contributed by atoms with van der Waals surface area (Å²) in [6.07, 6.45) is 1.47. The molecule has 0 unspecified atom stereocenters. The molecule has 2 aromatic carbocycles. The van der Waals surface area contributed by atoms with Crippen LogP contribution in [-0.4, -0.2) is 18.5 Å². The van der Waals surface area contributed by atoms with E-state index in [2.05, 4.69) is 4.98 Å². The summed E-state index contributed by atoms with van der Waals surface area (Å²) in [7, 11) is -3.85. The van der Waals surface area contributed by atoms with Crippen LogP contribution in [-0.2, 0) is 9.84 Å². The molecule has 0 amide bonds. The van der Waals surface area contributed by atoms with Crippen molar-refractivity contribution in [2.45, 2.75) is 16.7 Å². The van der Waals surface area contributed by atoms with Gasteiger partial charge in [-0.1, -0.05) is 0 Å². The Morgan fingerprint density at radius 3 is 2.55 bits per heavy atom. The largest absolute Gasteiger partial charge is 0.506 e. The number of pyridine rings is 1. The number of phenols is 1. The predicted octanol–water partition coefficient (Wildman–Crippen LogP) is 3.22. The second-order valence-electron chi connectivity index (χ2n) is 4.90. The van der Waals surface area contributed by atoms with E-state index in [0.717, 1.165) is 6.07 Å². The topological polar surface area (TPSA) is 67.3 Å². The van der Waals surface area contributed by atoms with Crippen molar-refractivity contribution < 1.29 is 17.9 Å². The highest BCUT2D eigenvalue weighted by Crippen LogP contribution is 2.33. The van der Waals surface area contributed by atoms with Gasteiger partial charge in [-0.05, 0) is 55.0 Å². The molecule has 1 N–H and O–H groups in total. The van der Waals surface area contributed by atoms with Gasteiger partial charge in [0.05, 0.1) is 9.79 Å². The Morgan fingerprint density at radius 2 is 1.82 bits per heavy atom. The smallest absolute Gasteiger partial charge is 0.207 e. The summed E-state index contributed by atoms with van der Waals surface area (Å²) in [6.45, 7) is 1.54. The highest BCUT2D eigenvalue weighted by molar-refractivity contribution is 7.91. The number of phenolic OH excluding ortho intramolecular Hbond substituents is 1. The zero-order valence-corrected chi connectivity index (χ0v) is 12.4. The van der Waals surface area contributed by atoms with Crippen LogP contribution in [0.4, 0.5) is 4.39 Å². The summed E-state index contributed by atoms with van der Waals surface area (Å²) in [5, 5.41) is 10.1. The Morgan fingerprint density at radius 1 is 1.09 bits per heavy atom. The first-order valence-electron chi connectivity index (χ1n) is 6.49. The molecule has 0 aliphatic heterocycles. The number of nitrogens with zero attached hydrogens (tertiary/aromatic N) is 1. The molecule has 112 valence electrons. The molecule has 0 saturated heterocycles. The van der Waals surface area contributed by atoms with E-state index in [9.17, 15) is 17.9 Å². The molecule has 3 aromatic rings. The first-order valence-corrected chi connectivity index (χ1v) is 7.97. The second-order valence-corrected chi connectivity index (χ2v) is 6.78. The molecule has 1 heterocycles. The van der Waals surface area contributed by atoms with Gasteiger partial charge in [-0.15, -0.1) is 0 Å². The number of hydrogen-bond acceptors (Lipinski definition) is 4. The van der Waals surface area contributed by atoms with Crippen LogP contribution in [0.2, 0.25) is 0 Å². The summed E-state index contributed by atoms with van der Waals surface area (Å²) < 4.78 is 38.9. The molecule has 3 rings (SSSR count). The van der Waals surface area contributed by atoms with Gasteiger partial charge in [0.15, 0.2) is 0 Å². The third kappa shape index (κ3) is 2.21. The number of aryl methyl sites for hydroxylation is 1. The molecule has 0 aliphatic rings. The van der Waals surface area contributed by atoms with Gasteiger partial charge in [0.25, 0.3) is 0 Å². The van der Waals surface area contributed by atoms with Crippen molar-refractivity contribution in [1.82, 2.24) is 4.98 Å². The fourth-order valence-corrected chi connectivity index (χ4v) is 4.07. The van der Waals surface area contributed by atoms with Gasteiger partial charge in [0.2, 0.25) is 9.84 Å². The maximum Gasteiger partial charge on any atom is 0.207 e.